The molecule has 2 heterocycles. The number of fused-ring (bicyclic) bond motifs is 1. The van der Waals surface area contributed by atoms with E-state index in [0.29, 0.717) is 27.7 Å². The highest BCUT2D eigenvalue weighted by molar-refractivity contribution is 7.80. The van der Waals surface area contributed by atoms with Crippen LogP contribution in [0.15, 0.2) is 78.2 Å². The standard InChI is InChI=1S/C22H17N5O2S/c23-11-16(21-24-8-3-9-25-21)13-6-7-17-15(10-13)20(19(30)12-26-17)27-18-5-2-1-4-14(18)22(28)29/h1-12,30H,23H2,(H,26,27)(H,28,29). The molecule has 7 nitrogen and oxygen atoms in total. The number of rotatable bonds is 5. The molecule has 0 aliphatic carbocycles. The first-order chi connectivity index (χ1) is 14.6. The number of carbonyl (C=O) groups is 1. The van der Waals surface area contributed by atoms with E-state index in [1.165, 1.54) is 6.20 Å². The van der Waals surface area contributed by atoms with Gasteiger partial charge in [-0.3, -0.25) is 4.98 Å². The van der Waals surface area contributed by atoms with Crippen LogP contribution in [-0.4, -0.2) is 26.0 Å². The van der Waals surface area contributed by atoms with Crippen molar-refractivity contribution < 1.29 is 9.90 Å². The Morgan fingerprint density at radius 2 is 1.83 bits per heavy atom. The van der Waals surface area contributed by atoms with Crippen molar-refractivity contribution in [3.8, 4) is 0 Å². The summed E-state index contributed by atoms with van der Waals surface area (Å²) in [6, 6.07) is 14.1. The first-order valence-electron chi connectivity index (χ1n) is 8.99. The van der Waals surface area contributed by atoms with Gasteiger partial charge in [-0.15, -0.1) is 12.6 Å². The Balaban J connectivity index is 1.86. The fraction of sp³-hybridized carbons (Fsp3) is 0. The molecule has 2 aromatic carbocycles. The number of hydrogen-bond donors (Lipinski definition) is 4. The number of nitrogens with zero attached hydrogens (tertiary/aromatic N) is 3. The predicted octanol–water partition coefficient (Wildman–Crippen LogP) is 4.10. The van der Waals surface area contributed by atoms with E-state index in [1.807, 2.05) is 18.2 Å². The molecule has 4 N–H and O–H groups in total. The second kappa shape index (κ2) is 8.22. The minimum atomic E-state index is -1.02. The summed E-state index contributed by atoms with van der Waals surface area (Å²) in [6.07, 6.45) is 6.38. The molecule has 30 heavy (non-hydrogen) atoms. The van der Waals surface area contributed by atoms with Crippen molar-refractivity contribution in [3.05, 3.63) is 90.3 Å². The van der Waals surface area contributed by atoms with Crippen molar-refractivity contribution in [3.63, 3.8) is 0 Å². The average Bonchev–Trinajstić information content (AvgIpc) is 2.77. The molecule has 0 radical (unpaired) electrons. The van der Waals surface area contributed by atoms with Crippen molar-refractivity contribution in [2.24, 2.45) is 5.73 Å². The Morgan fingerprint density at radius 3 is 2.57 bits per heavy atom. The molecular weight excluding hydrogens is 398 g/mol. The number of pyridine rings is 1. The number of aromatic nitrogens is 3. The van der Waals surface area contributed by atoms with E-state index in [4.69, 9.17) is 5.73 Å². The molecule has 0 fully saturated rings. The topological polar surface area (TPSA) is 114 Å². The molecular formula is C22H17N5O2S. The van der Waals surface area contributed by atoms with Crippen LogP contribution in [0, 0.1) is 0 Å². The summed E-state index contributed by atoms with van der Waals surface area (Å²) in [5.74, 6) is -0.521. The molecule has 0 spiro atoms. The highest BCUT2D eigenvalue weighted by Crippen LogP contribution is 2.34. The van der Waals surface area contributed by atoms with Gasteiger partial charge in [0, 0.05) is 40.6 Å². The fourth-order valence-electron chi connectivity index (χ4n) is 3.13. The first kappa shape index (κ1) is 19.4. The summed E-state index contributed by atoms with van der Waals surface area (Å²) < 4.78 is 0. The molecule has 0 atom stereocenters. The second-order valence-electron chi connectivity index (χ2n) is 6.38. The molecule has 0 saturated heterocycles. The van der Waals surface area contributed by atoms with Crippen LogP contribution in [0.1, 0.15) is 21.7 Å². The first-order valence-corrected chi connectivity index (χ1v) is 9.44. The number of carboxylic acid groups (broad SMARTS) is 1. The summed E-state index contributed by atoms with van der Waals surface area (Å²) in [7, 11) is 0. The average molecular weight is 415 g/mol. The summed E-state index contributed by atoms with van der Waals surface area (Å²) in [6.45, 7) is 0. The van der Waals surface area contributed by atoms with Gasteiger partial charge in [-0.05, 0) is 35.9 Å². The summed E-state index contributed by atoms with van der Waals surface area (Å²) in [5.41, 5.74) is 9.31. The molecule has 0 bridgehead atoms. The zero-order valence-electron chi connectivity index (χ0n) is 15.6. The van der Waals surface area contributed by atoms with E-state index in [1.54, 1.807) is 48.9 Å². The highest BCUT2D eigenvalue weighted by Gasteiger charge is 2.15. The van der Waals surface area contributed by atoms with E-state index in [2.05, 4.69) is 32.9 Å². The molecule has 2 aromatic heterocycles. The van der Waals surface area contributed by atoms with Gasteiger partial charge in [-0.2, -0.15) is 0 Å². The summed E-state index contributed by atoms with van der Waals surface area (Å²) in [5, 5.41) is 13.5. The van der Waals surface area contributed by atoms with Crippen LogP contribution in [0.25, 0.3) is 16.5 Å². The van der Waals surface area contributed by atoms with Crippen LogP contribution >= 0.6 is 12.6 Å². The van der Waals surface area contributed by atoms with Crippen LogP contribution in [0.5, 0.6) is 0 Å². The molecule has 0 amide bonds. The Kier molecular flexibility index (Phi) is 5.32. The van der Waals surface area contributed by atoms with Gasteiger partial charge in [-0.1, -0.05) is 18.2 Å². The normalized spacial score (nSPS) is 11.4. The van der Waals surface area contributed by atoms with Crippen LogP contribution in [0.2, 0.25) is 0 Å². The Morgan fingerprint density at radius 1 is 1.07 bits per heavy atom. The Labute approximate surface area is 177 Å². The SMILES string of the molecule is NC=C(c1ccc2ncc(S)c(Nc3ccccc3C(=O)O)c2c1)c1ncccn1. The molecule has 148 valence electrons. The number of hydrogen-bond acceptors (Lipinski definition) is 7. The number of carboxylic acids is 1. The molecule has 4 rings (SSSR count). The lowest BCUT2D eigenvalue weighted by Gasteiger charge is -2.15. The second-order valence-corrected chi connectivity index (χ2v) is 6.86. The molecule has 0 unspecified atom stereocenters. The van der Waals surface area contributed by atoms with Gasteiger partial charge < -0.3 is 16.2 Å². The number of aromatic carboxylic acids is 1. The largest absolute Gasteiger partial charge is 0.478 e. The van der Waals surface area contributed by atoms with Gasteiger partial charge in [0.2, 0.25) is 0 Å². The van der Waals surface area contributed by atoms with E-state index in [9.17, 15) is 9.90 Å². The van der Waals surface area contributed by atoms with Gasteiger partial charge in [-0.25, -0.2) is 14.8 Å². The van der Waals surface area contributed by atoms with Crippen molar-refractivity contribution in [1.29, 1.82) is 0 Å². The van der Waals surface area contributed by atoms with Crippen molar-refractivity contribution in [2.75, 3.05) is 5.32 Å². The molecule has 0 aliphatic heterocycles. The molecule has 0 saturated carbocycles. The van der Waals surface area contributed by atoms with Gasteiger partial charge in [0.15, 0.2) is 5.82 Å². The Bertz CT molecular complexity index is 1280. The fourth-order valence-corrected chi connectivity index (χ4v) is 3.37. The highest BCUT2D eigenvalue weighted by atomic mass is 32.1. The monoisotopic (exact) mass is 415 g/mol. The van der Waals surface area contributed by atoms with Gasteiger partial charge in [0.25, 0.3) is 0 Å². The summed E-state index contributed by atoms with van der Waals surface area (Å²) in [4.78, 5) is 25.1. The smallest absolute Gasteiger partial charge is 0.337 e. The van der Waals surface area contributed by atoms with Crippen molar-refractivity contribution in [2.45, 2.75) is 4.90 Å². The number of para-hydroxylation sites is 1. The molecule has 8 heteroatoms. The lowest BCUT2D eigenvalue weighted by atomic mass is 10.0. The minimum absolute atomic E-state index is 0.159. The maximum absolute atomic E-state index is 11.6. The number of nitrogens with two attached hydrogens (primary N) is 1. The van der Waals surface area contributed by atoms with E-state index in [0.717, 1.165) is 16.5 Å². The van der Waals surface area contributed by atoms with E-state index >= 15 is 0 Å². The lowest BCUT2D eigenvalue weighted by Crippen LogP contribution is -2.04. The van der Waals surface area contributed by atoms with Crippen LogP contribution in [0.3, 0.4) is 0 Å². The Hall–Kier alpha value is -3.91. The molecule has 4 aromatic rings. The lowest BCUT2D eigenvalue weighted by molar-refractivity contribution is 0.0698. The zero-order valence-corrected chi connectivity index (χ0v) is 16.5. The third-order valence-electron chi connectivity index (χ3n) is 4.55. The maximum atomic E-state index is 11.6. The number of benzene rings is 2. The van der Waals surface area contributed by atoms with Crippen molar-refractivity contribution >= 4 is 46.4 Å². The maximum Gasteiger partial charge on any atom is 0.337 e. The third-order valence-corrected chi connectivity index (χ3v) is 4.89. The van der Waals surface area contributed by atoms with Crippen LogP contribution in [0.4, 0.5) is 11.4 Å². The zero-order chi connectivity index (χ0) is 21.1. The van der Waals surface area contributed by atoms with Crippen LogP contribution in [-0.2, 0) is 0 Å². The van der Waals surface area contributed by atoms with Gasteiger partial charge >= 0.3 is 5.97 Å². The number of nitrogens with one attached hydrogen (secondary N) is 1. The quantitative estimate of drug-likeness (QED) is 0.363. The van der Waals surface area contributed by atoms with E-state index < -0.39 is 5.97 Å². The van der Waals surface area contributed by atoms with E-state index in [-0.39, 0.29) is 5.56 Å². The molecule has 0 aliphatic rings. The van der Waals surface area contributed by atoms with Crippen molar-refractivity contribution in [1.82, 2.24) is 15.0 Å². The minimum Gasteiger partial charge on any atom is -0.478 e. The van der Waals surface area contributed by atoms with Crippen LogP contribution < -0.4 is 11.1 Å². The predicted molar refractivity (Wildman–Crippen MR) is 119 cm³/mol. The van der Waals surface area contributed by atoms with Gasteiger partial charge in [0.05, 0.1) is 22.5 Å². The summed E-state index contributed by atoms with van der Waals surface area (Å²) >= 11 is 4.53. The number of anilines is 2. The number of thiol groups is 1. The van der Waals surface area contributed by atoms with Gasteiger partial charge in [0.1, 0.15) is 0 Å². The third kappa shape index (κ3) is 3.68.